The average molecular weight is 365 g/mol. The maximum absolute atomic E-state index is 12.6. The van der Waals surface area contributed by atoms with Crippen molar-refractivity contribution in [2.24, 2.45) is 0 Å². The molecule has 2 atom stereocenters. The van der Waals surface area contributed by atoms with Gasteiger partial charge in [-0.15, -0.1) is 0 Å². The van der Waals surface area contributed by atoms with Crippen LogP contribution in [0.5, 0.6) is 0 Å². The van der Waals surface area contributed by atoms with E-state index in [9.17, 15) is 8.42 Å². The average Bonchev–Trinajstić information content (AvgIpc) is 2.82. The summed E-state index contributed by atoms with van der Waals surface area (Å²) in [5.74, 6) is 0. The Kier molecular flexibility index (Phi) is 3.34. The summed E-state index contributed by atoms with van der Waals surface area (Å²) in [7, 11) is -2.96. The zero-order valence-corrected chi connectivity index (χ0v) is 16.1. The lowest BCUT2D eigenvalue weighted by atomic mass is 9.81. The Hall–Kier alpha value is -1.87. The maximum Gasteiger partial charge on any atom is 0.159 e. The summed E-state index contributed by atoms with van der Waals surface area (Å²) < 4.78 is 25.1. The van der Waals surface area contributed by atoms with Gasteiger partial charge in [-0.2, -0.15) is 0 Å². The van der Waals surface area contributed by atoms with Gasteiger partial charge in [0, 0.05) is 5.41 Å². The van der Waals surface area contributed by atoms with E-state index in [1.807, 2.05) is 6.08 Å². The van der Waals surface area contributed by atoms with Crippen molar-refractivity contribution < 1.29 is 8.42 Å². The fourth-order valence-electron chi connectivity index (χ4n) is 5.17. The number of allylic oxidation sites excluding steroid dienone is 1. The molecule has 26 heavy (non-hydrogen) atoms. The molecule has 2 unspecified atom stereocenters. The van der Waals surface area contributed by atoms with Gasteiger partial charge in [-0.25, -0.2) is 8.42 Å². The molecule has 134 valence electrons. The first-order chi connectivity index (χ1) is 12.4. The normalized spacial score (nSPS) is 27.4. The Morgan fingerprint density at radius 2 is 1.73 bits per heavy atom. The third-order valence-corrected chi connectivity index (χ3v) is 9.24. The third kappa shape index (κ3) is 2.13. The second-order valence-corrected chi connectivity index (χ2v) is 11.0. The van der Waals surface area contributed by atoms with Crippen LogP contribution < -0.4 is 0 Å². The number of hydrogen-bond donors (Lipinski definition) is 0. The number of fused-ring (bicyclic) bond motifs is 5. The Morgan fingerprint density at radius 3 is 2.54 bits per heavy atom. The van der Waals surface area contributed by atoms with E-state index in [4.69, 9.17) is 0 Å². The lowest BCUT2D eigenvalue weighted by Crippen LogP contribution is -2.38. The van der Waals surface area contributed by atoms with Crippen molar-refractivity contribution in [3.63, 3.8) is 0 Å². The standard InChI is InChI=1S/C23H24O2S/c1-23(2)21-9-4-3-8-19(21)20-11-10-15(14-22(20)23)16-12-17-6-5-7-18(13-16)26(17,24)25/h3-4,8-12,14,17-18H,5-7,13H2,1-2H3. The minimum absolute atomic E-state index is 0.0148. The molecule has 0 radical (unpaired) electrons. The summed E-state index contributed by atoms with van der Waals surface area (Å²) in [4.78, 5) is 0. The van der Waals surface area contributed by atoms with Crippen LogP contribution in [-0.4, -0.2) is 18.9 Å². The molecule has 1 aliphatic carbocycles. The molecule has 2 aliphatic heterocycles. The molecular formula is C23H24O2S. The van der Waals surface area contributed by atoms with Crippen molar-refractivity contribution in [3.8, 4) is 11.1 Å². The Bertz CT molecular complexity index is 1040. The van der Waals surface area contributed by atoms with Crippen molar-refractivity contribution in [2.75, 3.05) is 0 Å². The smallest absolute Gasteiger partial charge is 0.159 e. The molecule has 3 heteroatoms. The van der Waals surface area contributed by atoms with Crippen LogP contribution in [0.1, 0.15) is 56.2 Å². The van der Waals surface area contributed by atoms with E-state index in [1.54, 1.807) is 0 Å². The molecule has 2 aromatic rings. The fourth-order valence-corrected chi connectivity index (χ4v) is 7.43. The minimum atomic E-state index is -2.96. The molecule has 2 bridgehead atoms. The van der Waals surface area contributed by atoms with E-state index < -0.39 is 9.84 Å². The summed E-state index contributed by atoms with van der Waals surface area (Å²) in [5.41, 5.74) is 7.80. The van der Waals surface area contributed by atoms with Gasteiger partial charge in [0.25, 0.3) is 0 Å². The summed E-state index contributed by atoms with van der Waals surface area (Å²) >= 11 is 0. The molecule has 2 aromatic carbocycles. The van der Waals surface area contributed by atoms with E-state index in [2.05, 4.69) is 56.3 Å². The highest BCUT2D eigenvalue weighted by atomic mass is 32.2. The van der Waals surface area contributed by atoms with Crippen molar-refractivity contribution in [3.05, 3.63) is 65.2 Å². The molecule has 2 nitrogen and oxygen atoms in total. The summed E-state index contributed by atoms with van der Waals surface area (Å²) in [5, 5.41) is -0.455. The molecule has 0 aromatic heterocycles. The van der Waals surface area contributed by atoms with Crippen molar-refractivity contribution in [1.82, 2.24) is 0 Å². The molecule has 0 amide bonds. The van der Waals surface area contributed by atoms with Gasteiger partial charge in [0.15, 0.2) is 9.84 Å². The summed E-state index contributed by atoms with van der Waals surface area (Å²) in [6, 6.07) is 15.4. The molecule has 0 saturated carbocycles. The van der Waals surface area contributed by atoms with E-state index >= 15 is 0 Å². The fraction of sp³-hybridized carbons (Fsp3) is 0.391. The van der Waals surface area contributed by atoms with Crippen molar-refractivity contribution >= 4 is 15.4 Å². The first-order valence-corrected chi connectivity index (χ1v) is 11.2. The SMILES string of the molecule is CC1(C)c2ccccc2-c2ccc(C3=CC4CCCC(C3)S4(=O)=O)cc21. The molecule has 5 rings (SSSR count). The molecule has 1 fully saturated rings. The van der Waals surface area contributed by atoms with Crippen molar-refractivity contribution in [1.29, 1.82) is 0 Å². The largest absolute Gasteiger partial charge is 0.228 e. The Morgan fingerprint density at radius 1 is 0.962 bits per heavy atom. The highest BCUT2D eigenvalue weighted by Crippen LogP contribution is 2.49. The number of rotatable bonds is 1. The van der Waals surface area contributed by atoms with E-state index in [-0.39, 0.29) is 15.9 Å². The van der Waals surface area contributed by atoms with Gasteiger partial charge in [-0.1, -0.05) is 62.7 Å². The second-order valence-electron chi connectivity index (χ2n) is 8.51. The highest BCUT2D eigenvalue weighted by Gasteiger charge is 2.41. The molecule has 1 saturated heterocycles. The quantitative estimate of drug-likeness (QED) is 0.704. The van der Waals surface area contributed by atoms with Gasteiger partial charge in [-0.05, 0) is 58.7 Å². The second kappa shape index (κ2) is 5.32. The molecular weight excluding hydrogens is 340 g/mol. The first-order valence-electron chi connectivity index (χ1n) is 9.57. The number of sulfone groups is 1. The zero-order chi connectivity index (χ0) is 18.1. The van der Waals surface area contributed by atoms with Crippen LogP contribution in [0, 0.1) is 0 Å². The van der Waals surface area contributed by atoms with Crippen LogP contribution in [0.4, 0.5) is 0 Å². The highest BCUT2D eigenvalue weighted by molar-refractivity contribution is 7.93. The maximum atomic E-state index is 12.6. The van der Waals surface area contributed by atoms with Crippen molar-refractivity contribution in [2.45, 2.75) is 55.4 Å². The Balaban J connectivity index is 1.62. The van der Waals surface area contributed by atoms with E-state index in [0.29, 0.717) is 6.42 Å². The van der Waals surface area contributed by atoms with E-state index in [0.717, 1.165) is 19.3 Å². The van der Waals surface area contributed by atoms with Gasteiger partial charge < -0.3 is 0 Å². The molecule has 3 aliphatic rings. The monoisotopic (exact) mass is 364 g/mol. The third-order valence-electron chi connectivity index (χ3n) is 6.69. The zero-order valence-electron chi connectivity index (χ0n) is 15.3. The van der Waals surface area contributed by atoms with Gasteiger partial charge in [0.2, 0.25) is 0 Å². The molecule has 0 spiro atoms. The topological polar surface area (TPSA) is 34.1 Å². The van der Waals surface area contributed by atoms with Crippen LogP contribution in [0.2, 0.25) is 0 Å². The van der Waals surface area contributed by atoms with Crippen LogP contribution in [0.3, 0.4) is 0 Å². The minimum Gasteiger partial charge on any atom is -0.228 e. The van der Waals surface area contributed by atoms with Crippen LogP contribution in [0.15, 0.2) is 48.5 Å². The predicted molar refractivity (Wildman–Crippen MR) is 107 cm³/mol. The van der Waals surface area contributed by atoms with Crippen LogP contribution >= 0.6 is 0 Å². The first kappa shape index (κ1) is 16.3. The van der Waals surface area contributed by atoms with Gasteiger partial charge >= 0.3 is 0 Å². The van der Waals surface area contributed by atoms with Crippen LogP contribution in [0.25, 0.3) is 16.7 Å². The van der Waals surface area contributed by atoms with Crippen LogP contribution in [-0.2, 0) is 15.3 Å². The lowest BCUT2D eigenvalue weighted by molar-refractivity contribution is 0.518. The van der Waals surface area contributed by atoms with Gasteiger partial charge in [0.05, 0.1) is 10.5 Å². The predicted octanol–water partition coefficient (Wildman–Crippen LogP) is 5.12. The number of hydrogen-bond acceptors (Lipinski definition) is 2. The van der Waals surface area contributed by atoms with E-state index in [1.165, 1.54) is 33.4 Å². The summed E-state index contributed by atoms with van der Waals surface area (Å²) in [6.45, 7) is 4.58. The van der Waals surface area contributed by atoms with Gasteiger partial charge in [-0.3, -0.25) is 0 Å². The molecule has 2 heterocycles. The Labute approximate surface area is 155 Å². The van der Waals surface area contributed by atoms with Gasteiger partial charge in [0.1, 0.15) is 0 Å². The summed E-state index contributed by atoms with van der Waals surface area (Å²) in [6.07, 6.45) is 5.35. The molecule has 0 N–H and O–H groups in total. The number of benzene rings is 2. The lowest BCUT2D eigenvalue weighted by Gasteiger charge is -2.33.